The molecule has 0 aliphatic carbocycles. The molecule has 1 rings (SSSR count). The van der Waals surface area contributed by atoms with Gasteiger partial charge in [-0.1, -0.05) is 0 Å². The van der Waals surface area contributed by atoms with E-state index in [-0.39, 0.29) is 26.1 Å². The average molecular weight is 352 g/mol. The molecule has 1 fully saturated rings. The van der Waals surface area contributed by atoms with E-state index in [2.05, 4.69) is 10.6 Å². The molecule has 0 bridgehead atoms. The minimum absolute atomic E-state index is 0.0412. The Morgan fingerprint density at radius 1 is 1.04 bits per heavy atom. The molecule has 0 aromatic heterocycles. The summed E-state index contributed by atoms with van der Waals surface area (Å²) in [6, 6.07) is -0.502. The molecule has 1 saturated heterocycles. The van der Waals surface area contributed by atoms with Gasteiger partial charge < -0.3 is 45.6 Å². The van der Waals surface area contributed by atoms with Crippen molar-refractivity contribution in [2.24, 2.45) is 0 Å². The van der Waals surface area contributed by atoms with Crippen molar-refractivity contribution in [1.29, 1.82) is 0 Å². The van der Waals surface area contributed by atoms with E-state index in [1.165, 1.54) is 0 Å². The third kappa shape index (κ3) is 6.55. The number of nitrogens with one attached hydrogen (secondary N) is 2. The zero-order chi connectivity index (χ0) is 18.1. The Morgan fingerprint density at radius 3 is 2.33 bits per heavy atom. The van der Waals surface area contributed by atoms with Crippen LogP contribution in [0.15, 0.2) is 0 Å². The van der Waals surface area contributed by atoms with Crippen LogP contribution in [-0.4, -0.2) is 94.5 Å². The molecule has 0 radical (unpaired) electrons. The van der Waals surface area contributed by atoms with E-state index >= 15 is 0 Å². The summed E-state index contributed by atoms with van der Waals surface area (Å²) >= 11 is 0. The van der Waals surface area contributed by atoms with Crippen molar-refractivity contribution >= 4 is 12.0 Å². The smallest absolute Gasteiger partial charge is 0.314 e. The van der Waals surface area contributed by atoms with Crippen molar-refractivity contribution in [2.75, 3.05) is 26.3 Å². The third-order valence-corrected chi connectivity index (χ3v) is 3.37. The van der Waals surface area contributed by atoms with Gasteiger partial charge in [0.05, 0.1) is 13.2 Å². The number of aliphatic carboxylic acids is 1. The van der Waals surface area contributed by atoms with E-state index in [9.17, 15) is 24.9 Å². The van der Waals surface area contributed by atoms with Crippen LogP contribution in [0.2, 0.25) is 0 Å². The normalized spacial score (nSPS) is 29.9. The maximum atomic E-state index is 11.4. The highest BCUT2D eigenvalue weighted by Gasteiger charge is 2.43. The van der Waals surface area contributed by atoms with E-state index in [0.29, 0.717) is 6.42 Å². The van der Waals surface area contributed by atoms with Crippen LogP contribution < -0.4 is 10.6 Å². The van der Waals surface area contributed by atoms with E-state index < -0.39 is 49.3 Å². The average Bonchev–Trinajstić information content (AvgIpc) is 2.55. The number of hydrogen-bond donors (Lipinski definition) is 7. The minimum atomic E-state index is -1.52. The van der Waals surface area contributed by atoms with Gasteiger partial charge in [0, 0.05) is 19.5 Å². The van der Waals surface area contributed by atoms with Gasteiger partial charge in [-0.25, -0.2) is 4.79 Å². The summed E-state index contributed by atoms with van der Waals surface area (Å²) in [5.74, 6) is -0.940. The molecule has 0 spiro atoms. The molecule has 140 valence electrons. The number of carboxylic acid groups (broad SMARTS) is 1. The van der Waals surface area contributed by atoms with Crippen molar-refractivity contribution < 1.29 is 44.6 Å². The van der Waals surface area contributed by atoms with Crippen LogP contribution in [-0.2, 0) is 14.3 Å². The summed E-state index contributed by atoms with van der Waals surface area (Å²) in [5, 5.41) is 51.3. The molecule has 11 nitrogen and oxygen atoms in total. The van der Waals surface area contributed by atoms with Crippen LogP contribution in [0.1, 0.15) is 12.8 Å². The molecule has 0 unspecified atom stereocenters. The van der Waals surface area contributed by atoms with Gasteiger partial charge in [-0.05, 0) is 6.42 Å². The number of aliphatic hydroxyl groups is 4. The molecule has 1 aliphatic rings. The Morgan fingerprint density at radius 2 is 1.71 bits per heavy atom. The molecular formula is C13H24N2O9. The number of carbonyl (C=O) groups excluding carboxylic acids is 1. The fraction of sp³-hybridized carbons (Fsp3) is 0.846. The minimum Gasteiger partial charge on any atom is -0.481 e. The molecule has 0 aromatic carbocycles. The Hall–Kier alpha value is -1.50. The first kappa shape index (κ1) is 20.5. The number of urea groups is 1. The molecule has 24 heavy (non-hydrogen) atoms. The van der Waals surface area contributed by atoms with Crippen LogP contribution >= 0.6 is 0 Å². The standard InChI is InChI=1S/C13H24N2O9/c16-6-7-9(19)10(20)11(21)12(24-7)23-5-4-15-13(22)14-3-1-2-8(17)18/h7,9-12,16,19-21H,1-6H2,(H,17,18)(H2,14,15,22)/t7-,9-,10+,11-,12-/m1/s1. The summed E-state index contributed by atoms with van der Waals surface area (Å²) in [6.07, 6.45) is -6.51. The van der Waals surface area contributed by atoms with Crippen molar-refractivity contribution in [1.82, 2.24) is 10.6 Å². The number of carbonyl (C=O) groups is 2. The highest BCUT2D eigenvalue weighted by molar-refractivity contribution is 5.73. The first-order chi connectivity index (χ1) is 11.4. The highest BCUT2D eigenvalue weighted by atomic mass is 16.7. The quantitative estimate of drug-likeness (QED) is 0.213. The molecule has 1 aliphatic heterocycles. The van der Waals surface area contributed by atoms with Gasteiger partial charge >= 0.3 is 12.0 Å². The van der Waals surface area contributed by atoms with Crippen molar-refractivity contribution in [2.45, 2.75) is 43.5 Å². The molecule has 0 saturated carbocycles. The van der Waals surface area contributed by atoms with Gasteiger partial charge in [-0.2, -0.15) is 0 Å². The maximum absolute atomic E-state index is 11.4. The second-order valence-electron chi connectivity index (χ2n) is 5.25. The zero-order valence-electron chi connectivity index (χ0n) is 13.0. The van der Waals surface area contributed by atoms with Crippen LogP contribution in [0.25, 0.3) is 0 Å². The van der Waals surface area contributed by atoms with Crippen LogP contribution in [0, 0.1) is 0 Å². The Kier molecular flexibility index (Phi) is 8.89. The Balaban J connectivity index is 2.19. The number of rotatable bonds is 9. The molecule has 5 atom stereocenters. The van der Waals surface area contributed by atoms with Gasteiger partial charge in [0.25, 0.3) is 0 Å². The fourth-order valence-corrected chi connectivity index (χ4v) is 2.05. The number of hydrogen-bond acceptors (Lipinski definition) is 8. The van der Waals surface area contributed by atoms with Gasteiger partial charge in [0.1, 0.15) is 24.4 Å². The fourth-order valence-electron chi connectivity index (χ4n) is 2.05. The summed E-state index contributed by atoms with van der Waals surface area (Å²) < 4.78 is 10.3. The third-order valence-electron chi connectivity index (χ3n) is 3.37. The number of carboxylic acids is 1. The topological polar surface area (TPSA) is 178 Å². The molecule has 0 aromatic rings. The van der Waals surface area contributed by atoms with Gasteiger partial charge in [-0.3, -0.25) is 4.79 Å². The second-order valence-corrected chi connectivity index (χ2v) is 5.25. The second kappa shape index (κ2) is 10.4. The molecule has 11 heteroatoms. The van der Waals surface area contributed by atoms with Crippen molar-refractivity contribution in [3.05, 3.63) is 0 Å². The van der Waals surface area contributed by atoms with Crippen molar-refractivity contribution in [3.63, 3.8) is 0 Å². The summed E-state index contributed by atoms with van der Waals surface area (Å²) in [6.45, 7) is -0.321. The van der Waals surface area contributed by atoms with Crippen LogP contribution in [0.3, 0.4) is 0 Å². The van der Waals surface area contributed by atoms with Gasteiger partial charge in [0.15, 0.2) is 6.29 Å². The highest BCUT2D eigenvalue weighted by Crippen LogP contribution is 2.21. The predicted molar refractivity (Wildman–Crippen MR) is 78.0 cm³/mol. The van der Waals surface area contributed by atoms with E-state index in [0.717, 1.165) is 0 Å². The summed E-state index contributed by atoms with van der Waals surface area (Å²) in [7, 11) is 0. The van der Waals surface area contributed by atoms with Crippen LogP contribution in [0.5, 0.6) is 0 Å². The molecule has 1 heterocycles. The molecule has 7 N–H and O–H groups in total. The molecular weight excluding hydrogens is 328 g/mol. The molecule has 2 amide bonds. The first-order valence-corrected chi connectivity index (χ1v) is 7.52. The number of amides is 2. The number of aliphatic hydroxyl groups excluding tert-OH is 4. The zero-order valence-corrected chi connectivity index (χ0v) is 13.0. The Bertz CT molecular complexity index is 407. The predicted octanol–water partition coefficient (Wildman–Crippen LogP) is -3.03. The lowest BCUT2D eigenvalue weighted by Crippen LogP contribution is -2.59. The lowest BCUT2D eigenvalue weighted by molar-refractivity contribution is -0.300. The summed E-state index contributed by atoms with van der Waals surface area (Å²) in [5.41, 5.74) is 0. The lowest BCUT2D eigenvalue weighted by atomic mass is 9.99. The summed E-state index contributed by atoms with van der Waals surface area (Å²) in [4.78, 5) is 21.7. The van der Waals surface area contributed by atoms with Crippen LogP contribution in [0.4, 0.5) is 4.79 Å². The lowest BCUT2D eigenvalue weighted by Gasteiger charge is -2.39. The van der Waals surface area contributed by atoms with E-state index in [1.807, 2.05) is 0 Å². The van der Waals surface area contributed by atoms with E-state index in [4.69, 9.17) is 19.7 Å². The monoisotopic (exact) mass is 352 g/mol. The number of ether oxygens (including phenoxy) is 2. The van der Waals surface area contributed by atoms with E-state index in [1.54, 1.807) is 0 Å². The largest absolute Gasteiger partial charge is 0.481 e. The van der Waals surface area contributed by atoms with Gasteiger partial charge in [-0.15, -0.1) is 0 Å². The maximum Gasteiger partial charge on any atom is 0.314 e. The van der Waals surface area contributed by atoms with Gasteiger partial charge in [0.2, 0.25) is 0 Å². The first-order valence-electron chi connectivity index (χ1n) is 7.52. The SMILES string of the molecule is O=C(O)CCCNC(=O)NCCO[C@@H]1O[C@H](CO)[C@@H](O)[C@H](O)[C@H]1O. The van der Waals surface area contributed by atoms with Crippen molar-refractivity contribution in [3.8, 4) is 0 Å². The Labute approximate surface area is 138 Å².